The van der Waals surface area contributed by atoms with Crippen molar-refractivity contribution in [2.45, 2.75) is 38.8 Å². The highest BCUT2D eigenvalue weighted by molar-refractivity contribution is 14.0. The molecule has 1 saturated heterocycles. The molecule has 0 radical (unpaired) electrons. The van der Waals surface area contributed by atoms with Gasteiger partial charge in [0.15, 0.2) is 5.96 Å². The Balaban J connectivity index is 0.00000312. The van der Waals surface area contributed by atoms with Crippen molar-refractivity contribution in [2.75, 3.05) is 32.9 Å². The van der Waals surface area contributed by atoms with Crippen molar-refractivity contribution >= 4 is 41.5 Å². The van der Waals surface area contributed by atoms with E-state index in [1.807, 2.05) is 24.3 Å². The first-order valence-electron chi connectivity index (χ1n) is 8.74. The first kappa shape index (κ1) is 22.5. The molecule has 2 rings (SSSR count). The molecule has 7 heteroatoms. The van der Waals surface area contributed by atoms with E-state index in [9.17, 15) is 0 Å². The van der Waals surface area contributed by atoms with Crippen LogP contribution in [0.3, 0.4) is 0 Å². The molecule has 1 aliphatic heterocycles. The maximum absolute atomic E-state index is 6.00. The van der Waals surface area contributed by atoms with E-state index < -0.39 is 0 Å². The van der Waals surface area contributed by atoms with Gasteiger partial charge in [-0.15, -0.1) is 24.0 Å². The van der Waals surface area contributed by atoms with E-state index in [-0.39, 0.29) is 24.0 Å². The highest BCUT2D eigenvalue weighted by atomic mass is 127. The minimum Gasteiger partial charge on any atom is -0.381 e. The molecule has 0 aromatic heterocycles. The summed E-state index contributed by atoms with van der Waals surface area (Å²) in [6.45, 7) is 6.75. The summed E-state index contributed by atoms with van der Waals surface area (Å²) in [7, 11) is 0. The maximum atomic E-state index is 6.00. The molecule has 142 valence electrons. The van der Waals surface area contributed by atoms with Gasteiger partial charge in [-0.05, 0) is 43.9 Å². The molecule has 1 aromatic carbocycles. The third kappa shape index (κ3) is 9.63. The second kappa shape index (κ2) is 13.6. The fraction of sp³-hybridized carbons (Fsp3) is 0.611. The van der Waals surface area contributed by atoms with Crippen LogP contribution in [-0.4, -0.2) is 45.0 Å². The van der Waals surface area contributed by atoms with E-state index in [2.05, 4.69) is 22.5 Å². The molecule has 0 aliphatic carbocycles. The van der Waals surface area contributed by atoms with Crippen molar-refractivity contribution in [1.29, 1.82) is 0 Å². The van der Waals surface area contributed by atoms with Crippen molar-refractivity contribution in [2.24, 2.45) is 4.99 Å². The number of rotatable bonds is 8. The van der Waals surface area contributed by atoms with E-state index in [0.29, 0.717) is 12.6 Å². The summed E-state index contributed by atoms with van der Waals surface area (Å²) in [5, 5.41) is 7.34. The highest BCUT2D eigenvalue weighted by Crippen LogP contribution is 2.11. The lowest BCUT2D eigenvalue weighted by Gasteiger charge is -2.22. The van der Waals surface area contributed by atoms with Crippen molar-refractivity contribution in [1.82, 2.24) is 10.6 Å². The lowest BCUT2D eigenvalue weighted by atomic mass is 10.1. The molecular formula is C18H29ClIN3O2. The summed E-state index contributed by atoms with van der Waals surface area (Å²) in [6, 6.07) is 7.79. The van der Waals surface area contributed by atoms with Gasteiger partial charge in [-0.3, -0.25) is 0 Å². The standard InChI is InChI=1S/C18H28ClN3O2.HI/c1-2-20-18(22-14-15-5-3-6-16(19)13-15)21-9-4-10-24-17-7-11-23-12-8-17;/h3,5-6,13,17H,2,4,7-12,14H2,1H3,(H2,20,21,22);1H. The lowest BCUT2D eigenvalue weighted by molar-refractivity contribution is -0.0320. The Kier molecular flexibility index (Phi) is 12.2. The third-order valence-electron chi connectivity index (χ3n) is 3.79. The van der Waals surface area contributed by atoms with Crippen LogP contribution >= 0.6 is 35.6 Å². The lowest BCUT2D eigenvalue weighted by Crippen LogP contribution is -2.38. The Hall–Kier alpha value is -0.570. The van der Waals surface area contributed by atoms with E-state index in [1.54, 1.807) is 0 Å². The number of guanidine groups is 1. The average molecular weight is 482 g/mol. The molecule has 0 amide bonds. The van der Waals surface area contributed by atoms with Crippen molar-refractivity contribution in [3.8, 4) is 0 Å². The van der Waals surface area contributed by atoms with E-state index in [4.69, 9.17) is 21.1 Å². The largest absolute Gasteiger partial charge is 0.381 e. The smallest absolute Gasteiger partial charge is 0.191 e. The predicted octanol–water partition coefficient (Wildman–Crippen LogP) is 3.60. The normalized spacial score (nSPS) is 15.5. The van der Waals surface area contributed by atoms with Crippen molar-refractivity contribution < 1.29 is 9.47 Å². The molecule has 2 N–H and O–H groups in total. The van der Waals surface area contributed by atoms with Gasteiger partial charge in [0.25, 0.3) is 0 Å². The Labute approximate surface area is 172 Å². The second-order valence-corrected chi connectivity index (χ2v) is 6.22. The number of aliphatic imine (C=N–C) groups is 1. The van der Waals surface area contributed by atoms with Crippen LogP contribution in [0.15, 0.2) is 29.3 Å². The van der Waals surface area contributed by atoms with Gasteiger partial charge in [-0.25, -0.2) is 4.99 Å². The summed E-state index contributed by atoms with van der Waals surface area (Å²) in [4.78, 5) is 4.59. The Morgan fingerprint density at radius 1 is 1.32 bits per heavy atom. The number of nitrogens with one attached hydrogen (secondary N) is 2. The van der Waals surface area contributed by atoms with Crippen LogP contribution in [0.25, 0.3) is 0 Å². The van der Waals surface area contributed by atoms with Gasteiger partial charge in [-0.1, -0.05) is 23.7 Å². The predicted molar refractivity (Wildman–Crippen MR) is 114 cm³/mol. The number of hydrogen-bond acceptors (Lipinski definition) is 3. The Morgan fingerprint density at radius 3 is 2.84 bits per heavy atom. The molecule has 25 heavy (non-hydrogen) atoms. The second-order valence-electron chi connectivity index (χ2n) is 5.79. The Bertz CT molecular complexity index is 511. The van der Waals surface area contributed by atoms with Crippen LogP contribution in [0.5, 0.6) is 0 Å². The summed E-state index contributed by atoms with van der Waals surface area (Å²) in [5.41, 5.74) is 1.10. The van der Waals surface area contributed by atoms with Gasteiger partial charge in [0.1, 0.15) is 0 Å². The van der Waals surface area contributed by atoms with Gasteiger partial charge < -0.3 is 20.1 Å². The van der Waals surface area contributed by atoms with E-state index in [0.717, 1.165) is 68.7 Å². The van der Waals surface area contributed by atoms with Crippen molar-refractivity contribution in [3.63, 3.8) is 0 Å². The first-order chi connectivity index (χ1) is 11.8. The van der Waals surface area contributed by atoms with Gasteiger partial charge in [0.05, 0.1) is 12.6 Å². The molecule has 1 aliphatic rings. The number of nitrogens with zero attached hydrogens (tertiary/aromatic N) is 1. The fourth-order valence-corrected chi connectivity index (χ4v) is 2.73. The Morgan fingerprint density at radius 2 is 2.12 bits per heavy atom. The minimum atomic E-state index is 0. The summed E-state index contributed by atoms with van der Waals surface area (Å²) >= 11 is 6.00. The molecule has 0 spiro atoms. The van der Waals surface area contributed by atoms with Crippen LogP contribution in [0.2, 0.25) is 5.02 Å². The van der Waals surface area contributed by atoms with Crippen LogP contribution in [-0.2, 0) is 16.0 Å². The number of benzene rings is 1. The zero-order valence-corrected chi connectivity index (χ0v) is 17.9. The van der Waals surface area contributed by atoms with Gasteiger partial charge in [0, 0.05) is 37.9 Å². The molecule has 0 saturated carbocycles. The van der Waals surface area contributed by atoms with Crippen molar-refractivity contribution in [3.05, 3.63) is 34.9 Å². The summed E-state index contributed by atoms with van der Waals surface area (Å²) < 4.78 is 11.2. The number of hydrogen-bond donors (Lipinski definition) is 2. The zero-order chi connectivity index (χ0) is 17.0. The fourth-order valence-electron chi connectivity index (χ4n) is 2.52. The molecule has 0 atom stereocenters. The molecule has 0 unspecified atom stereocenters. The van der Waals surface area contributed by atoms with E-state index >= 15 is 0 Å². The van der Waals surface area contributed by atoms with Gasteiger partial charge in [-0.2, -0.15) is 0 Å². The topological polar surface area (TPSA) is 54.9 Å². The maximum Gasteiger partial charge on any atom is 0.191 e. The minimum absolute atomic E-state index is 0. The van der Waals surface area contributed by atoms with Crippen LogP contribution in [0.4, 0.5) is 0 Å². The monoisotopic (exact) mass is 481 g/mol. The molecule has 5 nitrogen and oxygen atoms in total. The molecule has 1 heterocycles. The summed E-state index contributed by atoms with van der Waals surface area (Å²) in [6.07, 6.45) is 3.34. The number of halogens is 2. The molecular weight excluding hydrogens is 453 g/mol. The molecule has 1 fully saturated rings. The number of ether oxygens (including phenoxy) is 2. The van der Waals surface area contributed by atoms with Crippen LogP contribution < -0.4 is 10.6 Å². The third-order valence-corrected chi connectivity index (χ3v) is 4.02. The molecule has 0 bridgehead atoms. The highest BCUT2D eigenvalue weighted by Gasteiger charge is 2.13. The molecule has 1 aromatic rings. The average Bonchev–Trinajstić information content (AvgIpc) is 2.60. The van der Waals surface area contributed by atoms with Crippen LogP contribution in [0, 0.1) is 0 Å². The quantitative estimate of drug-likeness (QED) is 0.258. The van der Waals surface area contributed by atoms with Gasteiger partial charge >= 0.3 is 0 Å². The summed E-state index contributed by atoms with van der Waals surface area (Å²) in [5.74, 6) is 0.823. The van der Waals surface area contributed by atoms with Gasteiger partial charge in [0.2, 0.25) is 0 Å². The van der Waals surface area contributed by atoms with E-state index in [1.165, 1.54) is 0 Å². The SMILES string of the molecule is CCNC(=NCc1cccc(Cl)c1)NCCCOC1CCOCC1.I. The first-order valence-corrected chi connectivity index (χ1v) is 9.11. The zero-order valence-electron chi connectivity index (χ0n) is 14.8. The van der Waals surface area contributed by atoms with Crippen LogP contribution in [0.1, 0.15) is 31.7 Å².